The molecule has 1 fully saturated rings. The normalized spacial score (nSPS) is 20.9. The molecule has 4 nitrogen and oxygen atoms in total. The number of ether oxygens (including phenoxy) is 2. The lowest BCUT2D eigenvalue weighted by Crippen LogP contribution is -2.37. The maximum absolute atomic E-state index is 10.3. The number of aliphatic hydroxyl groups is 1. The Bertz CT molecular complexity index is 402. The first-order valence-electron chi connectivity index (χ1n) is 6.84. The fourth-order valence-electron chi connectivity index (χ4n) is 2.62. The zero-order valence-electron chi connectivity index (χ0n) is 11.7. The van der Waals surface area contributed by atoms with Crippen molar-refractivity contribution in [1.82, 2.24) is 5.32 Å². The summed E-state index contributed by atoms with van der Waals surface area (Å²) in [5.41, 5.74) is 1.08. The average Bonchev–Trinajstić information content (AvgIpc) is 2.48. The van der Waals surface area contributed by atoms with E-state index in [2.05, 4.69) is 5.32 Å². The molecular formula is C15H23NO3. The summed E-state index contributed by atoms with van der Waals surface area (Å²) in [5.74, 6) is 1.79. The molecule has 0 amide bonds. The highest BCUT2D eigenvalue weighted by molar-refractivity contribution is 5.43. The highest BCUT2D eigenvalue weighted by Crippen LogP contribution is 2.28. The molecule has 1 aromatic rings. The number of hydrogen-bond acceptors (Lipinski definition) is 4. The summed E-state index contributed by atoms with van der Waals surface area (Å²) in [5, 5.41) is 13.6. The molecule has 0 radical (unpaired) electrons. The number of nitrogens with one attached hydrogen (secondary N) is 1. The molecule has 0 saturated carbocycles. The molecule has 19 heavy (non-hydrogen) atoms. The van der Waals surface area contributed by atoms with Gasteiger partial charge in [0.15, 0.2) is 11.5 Å². The summed E-state index contributed by atoms with van der Waals surface area (Å²) in [6.07, 6.45) is 2.60. The number of piperidine rings is 1. The van der Waals surface area contributed by atoms with Crippen molar-refractivity contribution < 1.29 is 14.6 Å². The van der Waals surface area contributed by atoms with Gasteiger partial charge >= 0.3 is 0 Å². The van der Waals surface area contributed by atoms with Crippen molar-refractivity contribution in [2.45, 2.75) is 25.4 Å². The lowest BCUT2D eigenvalue weighted by atomic mass is 9.90. The molecule has 1 saturated heterocycles. The topological polar surface area (TPSA) is 50.7 Å². The Morgan fingerprint density at radius 3 is 2.74 bits per heavy atom. The molecule has 0 aromatic heterocycles. The van der Waals surface area contributed by atoms with Crippen LogP contribution in [-0.4, -0.2) is 38.5 Å². The Morgan fingerprint density at radius 1 is 1.32 bits per heavy atom. The van der Waals surface area contributed by atoms with Gasteiger partial charge in [-0.1, -0.05) is 6.07 Å². The van der Waals surface area contributed by atoms with E-state index in [1.807, 2.05) is 18.2 Å². The van der Waals surface area contributed by atoms with Gasteiger partial charge in [-0.05, 0) is 49.4 Å². The number of aliphatic hydroxyl groups excluding tert-OH is 1. The highest BCUT2D eigenvalue weighted by atomic mass is 16.5. The SMILES string of the molecule is COc1ccc(CC(O)C2CCCNC2)cc1OC. The largest absolute Gasteiger partial charge is 0.493 e. The Morgan fingerprint density at radius 2 is 2.11 bits per heavy atom. The fourth-order valence-corrected chi connectivity index (χ4v) is 2.62. The number of benzene rings is 1. The number of methoxy groups -OCH3 is 2. The third kappa shape index (κ3) is 3.61. The highest BCUT2D eigenvalue weighted by Gasteiger charge is 2.22. The van der Waals surface area contributed by atoms with Crippen molar-refractivity contribution in [3.05, 3.63) is 23.8 Å². The van der Waals surface area contributed by atoms with Crippen LogP contribution in [0, 0.1) is 5.92 Å². The third-order valence-corrected chi connectivity index (χ3v) is 3.77. The molecule has 106 valence electrons. The van der Waals surface area contributed by atoms with Crippen LogP contribution in [0.4, 0.5) is 0 Å². The lowest BCUT2D eigenvalue weighted by molar-refractivity contribution is 0.0921. The van der Waals surface area contributed by atoms with Gasteiger partial charge in [0.05, 0.1) is 20.3 Å². The maximum atomic E-state index is 10.3. The summed E-state index contributed by atoms with van der Waals surface area (Å²) in [6.45, 7) is 1.98. The van der Waals surface area contributed by atoms with Crippen LogP contribution in [0.1, 0.15) is 18.4 Å². The maximum Gasteiger partial charge on any atom is 0.160 e. The minimum absolute atomic E-state index is 0.300. The molecule has 1 aromatic carbocycles. The second kappa shape index (κ2) is 6.78. The standard InChI is InChI=1S/C15H23NO3/c1-18-14-6-5-11(9-15(14)19-2)8-13(17)12-4-3-7-16-10-12/h5-6,9,12-13,16-17H,3-4,7-8,10H2,1-2H3. The minimum Gasteiger partial charge on any atom is -0.493 e. The molecule has 1 aliphatic rings. The molecule has 1 aliphatic heterocycles. The van der Waals surface area contributed by atoms with Gasteiger partial charge in [0.2, 0.25) is 0 Å². The van der Waals surface area contributed by atoms with E-state index in [1.165, 1.54) is 0 Å². The summed E-state index contributed by atoms with van der Waals surface area (Å²) < 4.78 is 10.5. The minimum atomic E-state index is -0.300. The van der Waals surface area contributed by atoms with E-state index in [9.17, 15) is 5.11 Å². The van der Waals surface area contributed by atoms with E-state index in [0.29, 0.717) is 18.1 Å². The van der Waals surface area contributed by atoms with Gasteiger partial charge in [0, 0.05) is 6.54 Å². The van der Waals surface area contributed by atoms with Crippen molar-refractivity contribution in [2.75, 3.05) is 27.3 Å². The van der Waals surface area contributed by atoms with Crippen molar-refractivity contribution in [3.8, 4) is 11.5 Å². The van der Waals surface area contributed by atoms with Gasteiger partial charge in [0.1, 0.15) is 0 Å². The zero-order chi connectivity index (χ0) is 13.7. The predicted molar refractivity (Wildman–Crippen MR) is 74.9 cm³/mol. The van der Waals surface area contributed by atoms with Crippen molar-refractivity contribution in [1.29, 1.82) is 0 Å². The Labute approximate surface area is 114 Å². The van der Waals surface area contributed by atoms with E-state index in [1.54, 1.807) is 14.2 Å². The van der Waals surface area contributed by atoms with Crippen LogP contribution in [-0.2, 0) is 6.42 Å². The van der Waals surface area contributed by atoms with Gasteiger partial charge in [0.25, 0.3) is 0 Å². The second-order valence-corrected chi connectivity index (χ2v) is 5.07. The molecular weight excluding hydrogens is 242 g/mol. The number of hydrogen-bond donors (Lipinski definition) is 2. The van der Waals surface area contributed by atoms with Gasteiger partial charge < -0.3 is 19.9 Å². The second-order valence-electron chi connectivity index (χ2n) is 5.07. The van der Waals surface area contributed by atoms with E-state index in [4.69, 9.17) is 9.47 Å². The van der Waals surface area contributed by atoms with Crippen LogP contribution < -0.4 is 14.8 Å². The first kappa shape index (κ1) is 14.2. The molecule has 0 bridgehead atoms. The fraction of sp³-hybridized carbons (Fsp3) is 0.600. The van der Waals surface area contributed by atoms with Gasteiger partial charge in [-0.15, -0.1) is 0 Å². The van der Waals surface area contributed by atoms with Gasteiger partial charge in [-0.3, -0.25) is 0 Å². The molecule has 0 spiro atoms. The molecule has 2 N–H and O–H groups in total. The molecule has 1 heterocycles. The third-order valence-electron chi connectivity index (χ3n) is 3.77. The smallest absolute Gasteiger partial charge is 0.160 e. The number of rotatable bonds is 5. The van der Waals surface area contributed by atoms with Crippen LogP contribution >= 0.6 is 0 Å². The quantitative estimate of drug-likeness (QED) is 0.849. The van der Waals surface area contributed by atoms with Crippen LogP contribution in [0.2, 0.25) is 0 Å². The van der Waals surface area contributed by atoms with Crippen LogP contribution in [0.15, 0.2) is 18.2 Å². The van der Waals surface area contributed by atoms with Crippen molar-refractivity contribution >= 4 is 0 Å². The average molecular weight is 265 g/mol. The first-order valence-corrected chi connectivity index (χ1v) is 6.84. The van der Waals surface area contributed by atoms with Gasteiger partial charge in [-0.2, -0.15) is 0 Å². The lowest BCUT2D eigenvalue weighted by Gasteiger charge is -2.27. The Hall–Kier alpha value is -1.26. The Kier molecular flexibility index (Phi) is 5.05. The summed E-state index contributed by atoms with van der Waals surface area (Å²) in [7, 11) is 3.25. The van der Waals surface area contributed by atoms with Crippen LogP contribution in [0.5, 0.6) is 11.5 Å². The summed E-state index contributed by atoms with van der Waals surface area (Å²) >= 11 is 0. The zero-order valence-corrected chi connectivity index (χ0v) is 11.7. The van der Waals surface area contributed by atoms with E-state index in [0.717, 1.165) is 37.2 Å². The van der Waals surface area contributed by atoms with E-state index >= 15 is 0 Å². The summed E-state index contributed by atoms with van der Waals surface area (Å²) in [6, 6.07) is 5.82. The Balaban J connectivity index is 2.01. The van der Waals surface area contributed by atoms with Gasteiger partial charge in [-0.25, -0.2) is 0 Å². The first-order chi connectivity index (χ1) is 9.24. The van der Waals surface area contributed by atoms with Crippen LogP contribution in [0.3, 0.4) is 0 Å². The molecule has 2 atom stereocenters. The molecule has 4 heteroatoms. The van der Waals surface area contributed by atoms with E-state index < -0.39 is 0 Å². The van der Waals surface area contributed by atoms with Crippen molar-refractivity contribution in [3.63, 3.8) is 0 Å². The summed E-state index contributed by atoms with van der Waals surface area (Å²) in [4.78, 5) is 0. The predicted octanol–water partition coefficient (Wildman–Crippen LogP) is 1.61. The molecule has 2 rings (SSSR count). The van der Waals surface area contributed by atoms with Crippen molar-refractivity contribution in [2.24, 2.45) is 5.92 Å². The molecule has 2 unspecified atom stereocenters. The molecule has 0 aliphatic carbocycles. The van der Waals surface area contributed by atoms with Crippen LogP contribution in [0.25, 0.3) is 0 Å². The monoisotopic (exact) mass is 265 g/mol. The van der Waals surface area contributed by atoms with E-state index in [-0.39, 0.29) is 6.10 Å².